The van der Waals surface area contributed by atoms with Crippen LogP contribution in [0.3, 0.4) is 0 Å². The Morgan fingerprint density at radius 1 is 1.04 bits per heavy atom. The molecule has 1 amide bonds. The lowest BCUT2D eigenvalue weighted by atomic mass is 10.1. The van der Waals surface area contributed by atoms with Crippen LogP contribution < -0.4 is 0 Å². The molecular formula is C21H22N2OS. The molecule has 1 aromatic carbocycles. The molecular weight excluding hydrogens is 328 g/mol. The Morgan fingerprint density at radius 3 is 2.52 bits per heavy atom. The van der Waals surface area contributed by atoms with Gasteiger partial charge in [0.1, 0.15) is 0 Å². The van der Waals surface area contributed by atoms with Gasteiger partial charge in [0.2, 0.25) is 0 Å². The predicted molar refractivity (Wildman–Crippen MR) is 103 cm³/mol. The van der Waals surface area contributed by atoms with Crippen molar-refractivity contribution in [2.24, 2.45) is 0 Å². The minimum Gasteiger partial charge on any atom is -0.328 e. The molecule has 0 aliphatic heterocycles. The van der Waals surface area contributed by atoms with Crippen LogP contribution in [0.5, 0.6) is 0 Å². The smallest absolute Gasteiger partial charge is 0.254 e. The molecule has 3 nitrogen and oxygen atoms in total. The van der Waals surface area contributed by atoms with Crippen molar-refractivity contribution in [2.75, 3.05) is 0 Å². The highest BCUT2D eigenvalue weighted by Gasteiger charge is 2.17. The first-order valence-electron chi connectivity index (χ1n) is 8.55. The maximum atomic E-state index is 13.0. The molecule has 0 aliphatic carbocycles. The van der Waals surface area contributed by atoms with Crippen LogP contribution in [0.25, 0.3) is 0 Å². The summed E-state index contributed by atoms with van der Waals surface area (Å²) < 4.78 is 0. The summed E-state index contributed by atoms with van der Waals surface area (Å²) in [7, 11) is 0. The molecule has 0 bridgehead atoms. The summed E-state index contributed by atoms with van der Waals surface area (Å²) in [4.78, 5) is 19.3. The minimum atomic E-state index is 0.0416. The fourth-order valence-electron chi connectivity index (χ4n) is 2.77. The third kappa shape index (κ3) is 4.77. The van der Waals surface area contributed by atoms with E-state index in [0.717, 1.165) is 29.7 Å². The molecule has 0 atom stereocenters. The van der Waals surface area contributed by atoms with Crippen LogP contribution in [0.4, 0.5) is 0 Å². The second-order valence-corrected chi connectivity index (χ2v) is 6.84. The van der Waals surface area contributed by atoms with E-state index in [9.17, 15) is 4.79 Å². The van der Waals surface area contributed by atoms with Crippen molar-refractivity contribution < 1.29 is 4.79 Å². The third-order valence-electron chi connectivity index (χ3n) is 4.06. The highest BCUT2D eigenvalue weighted by molar-refractivity contribution is 7.07. The van der Waals surface area contributed by atoms with E-state index in [0.29, 0.717) is 13.1 Å². The number of hydrogen-bond acceptors (Lipinski definition) is 3. The van der Waals surface area contributed by atoms with Gasteiger partial charge in [0.25, 0.3) is 5.91 Å². The van der Waals surface area contributed by atoms with Crippen LogP contribution in [0.2, 0.25) is 0 Å². The fraction of sp³-hybridized carbons (Fsp3) is 0.238. The molecule has 0 N–H and O–H groups in total. The molecule has 3 aromatic rings. The van der Waals surface area contributed by atoms with Gasteiger partial charge in [0.15, 0.2) is 0 Å². The Hall–Kier alpha value is -2.46. The summed E-state index contributed by atoms with van der Waals surface area (Å²) in [6.45, 7) is 3.26. The second kappa shape index (κ2) is 8.58. The predicted octanol–water partition coefficient (Wildman–Crippen LogP) is 4.94. The number of aromatic nitrogens is 1. The SMILES string of the molecule is CCCc1ccc(C(=O)N(Cc2ccsc2)Cc2ccccn2)cc1. The average molecular weight is 350 g/mol. The first-order chi connectivity index (χ1) is 12.3. The van der Waals surface area contributed by atoms with Crippen molar-refractivity contribution in [1.29, 1.82) is 0 Å². The number of rotatable bonds is 7. The zero-order valence-corrected chi connectivity index (χ0v) is 15.2. The maximum absolute atomic E-state index is 13.0. The van der Waals surface area contributed by atoms with E-state index >= 15 is 0 Å². The number of aryl methyl sites for hydroxylation is 1. The first-order valence-corrected chi connectivity index (χ1v) is 9.49. The lowest BCUT2D eigenvalue weighted by Gasteiger charge is -2.22. The number of nitrogens with zero attached hydrogens (tertiary/aromatic N) is 2. The van der Waals surface area contributed by atoms with E-state index in [-0.39, 0.29) is 5.91 Å². The molecule has 0 unspecified atom stereocenters. The van der Waals surface area contributed by atoms with E-state index in [2.05, 4.69) is 35.5 Å². The Kier molecular flexibility index (Phi) is 5.96. The van der Waals surface area contributed by atoms with Gasteiger partial charge in [0, 0.05) is 18.3 Å². The molecule has 0 saturated carbocycles. The van der Waals surface area contributed by atoms with Crippen LogP contribution in [0.15, 0.2) is 65.5 Å². The molecule has 0 saturated heterocycles. The third-order valence-corrected chi connectivity index (χ3v) is 4.79. The number of amides is 1. The van der Waals surface area contributed by atoms with Gasteiger partial charge in [-0.15, -0.1) is 0 Å². The van der Waals surface area contributed by atoms with E-state index < -0.39 is 0 Å². The van der Waals surface area contributed by atoms with Crippen molar-refractivity contribution in [3.63, 3.8) is 0 Å². The highest BCUT2D eigenvalue weighted by Crippen LogP contribution is 2.16. The largest absolute Gasteiger partial charge is 0.328 e. The maximum Gasteiger partial charge on any atom is 0.254 e. The van der Waals surface area contributed by atoms with Crippen molar-refractivity contribution >= 4 is 17.2 Å². The summed E-state index contributed by atoms with van der Waals surface area (Å²) >= 11 is 1.65. The van der Waals surface area contributed by atoms with Gasteiger partial charge >= 0.3 is 0 Å². The lowest BCUT2D eigenvalue weighted by Crippen LogP contribution is -2.30. The van der Waals surface area contributed by atoms with Crippen molar-refractivity contribution in [1.82, 2.24) is 9.88 Å². The summed E-state index contributed by atoms with van der Waals surface area (Å²) in [5, 5.41) is 4.13. The minimum absolute atomic E-state index is 0.0416. The number of benzene rings is 1. The van der Waals surface area contributed by atoms with Gasteiger partial charge in [-0.05, 0) is 58.6 Å². The van der Waals surface area contributed by atoms with Crippen LogP contribution in [-0.4, -0.2) is 15.8 Å². The molecule has 0 radical (unpaired) electrons. The normalized spacial score (nSPS) is 10.6. The Bertz CT molecular complexity index is 783. The first kappa shape index (κ1) is 17.4. The monoisotopic (exact) mass is 350 g/mol. The van der Waals surface area contributed by atoms with E-state index in [4.69, 9.17) is 0 Å². The van der Waals surface area contributed by atoms with Gasteiger partial charge in [-0.1, -0.05) is 31.5 Å². The number of carbonyl (C=O) groups is 1. The quantitative estimate of drug-likeness (QED) is 0.605. The Labute approximate surface area is 153 Å². The molecule has 2 aromatic heterocycles. The van der Waals surface area contributed by atoms with Crippen molar-refractivity contribution in [3.8, 4) is 0 Å². The lowest BCUT2D eigenvalue weighted by molar-refractivity contribution is 0.0728. The van der Waals surface area contributed by atoms with Crippen molar-refractivity contribution in [3.05, 3.63) is 87.9 Å². The molecule has 25 heavy (non-hydrogen) atoms. The number of carbonyl (C=O) groups excluding carboxylic acids is 1. The average Bonchev–Trinajstić information content (AvgIpc) is 3.15. The molecule has 3 rings (SSSR count). The van der Waals surface area contributed by atoms with Crippen molar-refractivity contribution in [2.45, 2.75) is 32.9 Å². The van der Waals surface area contributed by atoms with Gasteiger partial charge in [-0.3, -0.25) is 9.78 Å². The van der Waals surface area contributed by atoms with Gasteiger partial charge in [-0.25, -0.2) is 0 Å². The molecule has 0 fully saturated rings. The topological polar surface area (TPSA) is 33.2 Å². The zero-order chi connectivity index (χ0) is 17.5. The van der Waals surface area contributed by atoms with E-state index in [1.807, 2.05) is 40.6 Å². The second-order valence-electron chi connectivity index (χ2n) is 6.06. The summed E-state index contributed by atoms with van der Waals surface area (Å²) in [6.07, 6.45) is 3.92. The Morgan fingerprint density at radius 2 is 1.88 bits per heavy atom. The molecule has 128 valence electrons. The highest BCUT2D eigenvalue weighted by atomic mass is 32.1. The number of pyridine rings is 1. The van der Waals surface area contributed by atoms with Gasteiger partial charge < -0.3 is 4.90 Å². The summed E-state index contributed by atoms with van der Waals surface area (Å²) in [5.41, 5.74) is 4.05. The number of hydrogen-bond donors (Lipinski definition) is 0. The molecule has 4 heteroatoms. The van der Waals surface area contributed by atoms with E-state index in [1.54, 1.807) is 17.5 Å². The molecule has 0 aliphatic rings. The fourth-order valence-corrected chi connectivity index (χ4v) is 3.43. The van der Waals surface area contributed by atoms with E-state index in [1.165, 1.54) is 5.56 Å². The van der Waals surface area contributed by atoms with Crippen LogP contribution in [-0.2, 0) is 19.5 Å². The van der Waals surface area contributed by atoms with Crippen LogP contribution in [0.1, 0.15) is 40.5 Å². The van der Waals surface area contributed by atoms with Gasteiger partial charge in [0.05, 0.1) is 12.2 Å². The van der Waals surface area contributed by atoms with Gasteiger partial charge in [-0.2, -0.15) is 11.3 Å². The summed E-state index contributed by atoms with van der Waals surface area (Å²) in [5.74, 6) is 0.0416. The molecule has 2 heterocycles. The Balaban J connectivity index is 1.80. The zero-order valence-electron chi connectivity index (χ0n) is 14.4. The standard InChI is InChI=1S/C21H22N2OS/c1-2-5-17-7-9-19(10-8-17)21(24)23(14-18-11-13-25-16-18)15-20-6-3-4-12-22-20/h3-4,6-13,16H,2,5,14-15H2,1H3. The molecule has 0 spiro atoms. The number of thiophene rings is 1. The van der Waals surface area contributed by atoms with Crippen LogP contribution >= 0.6 is 11.3 Å². The van der Waals surface area contributed by atoms with Crippen LogP contribution in [0, 0.1) is 0 Å². The summed E-state index contributed by atoms with van der Waals surface area (Å²) in [6, 6.07) is 15.8.